The van der Waals surface area contributed by atoms with Crippen LogP contribution in [0.1, 0.15) is 62.8 Å². The summed E-state index contributed by atoms with van der Waals surface area (Å²) >= 11 is 0. The second-order valence-electron chi connectivity index (χ2n) is 4.81. The third-order valence-corrected chi connectivity index (χ3v) is 3.56. The summed E-state index contributed by atoms with van der Waals surface area (Å²) < 4.78 is 2.05. The van der Waals surface area contributed by atoms with Crippen LogP contribution in [0.15, 0.2) is 0 Å². The minimum Gasteiger partial charge on any atom is -0.249 e. The second kappa shape index (κ2) is 5.81. The van der Waals surface area contributed by atoms with E-state index < -0.39 is 0 Å². The third kappa shape index (κ3) is 2.66. The number of rotatable bonds is 5. The molecule has 1 aliphatic carbocycles. The Labute approximate surface area is 103 Å². The second-order valence-corrected chi connectivity index (χ2v) is 4.81. The average Bonchev–Trinajstić information content (AvgIpc) is 2.95. The molecule has 0 aromatic carbocycles. The van der Waals surface area contributed by atoms with Crippen LogP contribution in [0.2, 0.25) is 0 Å². The normalized spacial score (nSPS) is 16.2. The average molecular weight is 232 g/mol. The Hall–Kier alpha value is -1.37. The summed E-state index contributed by atoms with van der Waals surface area (Å²) in [4.78, 5) is 0. The van der Waals surface area contributed by atoms with E-state index in [0.29, 0.717) is 12.3 Å². The minimum atomic E-state index is 0.401. The van der Waals surface area contributed by atoms with E-state index in [1.807, 2.05) is 4.68 Å². The van der Waals surface area contributed by atoms with Gasteiger partial charge in [-0.3, -0.25) is 0 Å². The predicted octanol–water partition coefficient (Wildman–Crippen LogP) is 2.80. The third-order valence-electron chi connectivity index (χ3n) is 3.56. The molecule has 0 saturated heterocycles. The standard InChI is InChI=1S/C13H20N4/c1-2-3-10-17-13(11-6-4-5-7-11)12(8-9-14)15-16-17/h11H,2-8,10H2,1H3. The van der Waals surface area contributed by atoms with Crippen LogP contribution in [0.5, 0.6) is 0 Å². The summed E-state index contributed by atoms with van der Waals surface area (Å²) in [7, 11) is 0. The van der Waals surface area contributed by atoms with Crippen LogP contribution < -0.4 is 0 Å². The number of hydrogen-bond acceptors (Lipinski definition) is 3. The molecule has 1 heterocycles. The molecule has 0 N–H and O–H groups in total. The molecule has 4 heteroatoms. The van der Waals surface area contributed by atoms with Crippen molar-refractivity contribution >= 4 is 0 Å². The van der Waals surface area contributed by atoms with Gasteiger partial charge in [0, 0.05) is 12.5 Å². The molecule has 0 amide bonds. The number of nitriles is 1. The first-order valence-electron chi connectivity index (χ1n) is 6.66. The van der Waals surface area contributed by atoms with Gasteiger partial charge in [0.2, 0.25) is 0 Å². The molecular formula is C13H20N4. The van der Waals surface area contributed by atoms with E-state index in [4.69, 9.17) is 5.26 Å². The zero-order chi connectivity index (χ0) is 12.1. The summed E-state index contributed by atoms with van der Waals surface area (Å²) in [5.41, 5.74) is 2.16. The maximum absolute atomic E-state index is 8.85. The number of aryl methyl sites for hydroxylation is 1. The zero-order valence-electron chi connectivity index (χ0n) is 10.5. The van der Waals surface area contributed by atoms with Gasteiger partial charge in [-0.25, -0.2) is 4.68 Å². The van der Waals surface area contributed by atoms with Crippen LogP contribution in [0, 0.1) is 11.3 Å². The van der Waals surface area contributed by atoms with E-state index in [2.05, 4.69) is 23.3 Å². The smallest absolute Gasteiger partial charge is 0.100 e. The van der Waals surface area contributed by atoms with E-state index in [-0.39, 0.29) is 0 Å². The largest absolute Gasteiger partial charge is 0.249 e. The van der Waals surface area contributed by atoms with E-state index in [1.165, 1.54) is 31.4 Å². The maximum Gasteiger partial charge on any atom is 0.100 e. The highest BCUT2D eigenvalue weighted by Gasteiger charge is 2.25. The van der Waals surface area contributed by atoms with E-state index in [9.17, 15) is 0 Å². The van der Waals surface area contributed by atoms with Gasteiger partial charge in [0.1, 0.15) is 5.69 Å². The van der Waals surface area contributed by atoms with Crippen molar-refractivity contribution in [1.82, 2.24) is 15.0 Å². The zero-order valence-corrected chi connectivity index (χ0v) is 10.5. The molecule has 0 aliphatic heterocycles. The van der Waals surface area contributed by atoms with Crippen LogP contribution >= 0.6 is 0 Å². The fraction of sp³-hybridized carbons (Fsp3) is 0.769. The van der Waals surface area contributed by atoms with Crippen LogP contribution in [0.4, 0.5) is 0 Å². The first kappa shape index (κ1) is 12.1. The molecule has 4 nitrogen and oxygen atoms in total. The Balaban J connectivity index is 2.22. The highest BCUT2D eigenvalue weighted by atomic mass is 15.4. The molecule has 0 unspecified atom stereocenters. The van der Waals surface area contributed by atoms with Gasteiger partial charge in [-0.15, -0.1) is 5.10 Å². The van der Waals surface area contributed by atoms with Crippen molar-refractivity contribution in [2.75, 3.05) is 0 Å². The van der Waals surface area contributed by atoms with E-state index in [0.717, 1.165) is 25.1 Å². The molecule has 1 fully saturated rings. The molecule has 0 spiro atoms. The quantitative estimate of drug-likeness (QED) is 0.784. The molecule has 0 atom stereocenters. The monoisotopic (exact) mass is 232 g/mol. The Morgan fingerprint density at radius 3 is 2.82 bits per heavy atom. The lowest BCUT2D eigenvalue weighted by atomic mass is 10.0. The SMILES string of the molecule is CCCCn1nnc(CC#N)c1C1CCCC1. The van der Waals surface area contributed by atoms with Gasteiger partial charge in [0.15, 0.2) is 0 Å². The van der Waals surface area contributed by atoms with Gasteiger partial charge >= 0.3 is 0 Å². The van der Waals surface area contributed by atoms with Gasteiger partial charge in [0.05, 0.1) is 18.2 Å². The number of unbranched alkanes of at least 4 members (excludes halogenated alkanes) is 1. The summed E-state index contributed by atoms with van der Waals surface area (Å²) in [5, 5.41) is 17.3. The van der Waals surface area contributed by atoms with Crippen molar-refractivity contribution in [1.29, 1.82) is 5.26 Å². The fourth-order valence-corrected chi connectivity index (χ4v) is 2.68. The van der Waals surface area contributed by atoms with Crippen molar-refractivity contribution in [3.63, 3.8) is 0 Å². The lowest BCUT2D eigenvalue weighted by molar-refractivity contribution is 0.508. The number of hydrogen-bond donors (Lipinski definition) is 0. The predicted molar refractivity (Wildman–Crippen MR) is 65.5 cm³/mol. The first-order chi connectivity index (χ1) is 8.36. The molecule has 0 bridgehead atoms. The van der Waals surface area contributed by atoms with Crippen molar-refractivity contribution in [3.05, 3.63) is 11.4 Å². The molecule has 1 aliphatic rings. The number of aromatic nitrogens is 3. The van der Waals surface area contributed by atoms with Crippen molar-refractivity contribution in [2.24, 2.45) is 0 Å². The van der Waals surface area contributed by atoms with Crippen molar-refractivity contribution in [2.45, 2.75) is 64.3 Å². The molecule has 92 valence electrons. The maximum atomic E-state index is 8.85. The van der Waals surface area contributed by atoms with Gasteiger partial charge < -0.3 is 0 Å². The van der Waals surface area contributed by atoms with Gasteiger partial charge in [0.25, 0.3) is 0 Å². The molecule has 2 rings (SSSR count). The topological polar surface area (TPSA) is 54.5 Å². The lowest BCUT2D eigenvalue weighted by Crippen LogP contribution is -2.09. The lowest BCUT2D eigenvalue weighted by Gasteiger charge is -2.12. The molecular weight excluding hydrogens is 212 g/mol. The molecule has 1 aromatic rings. The fourth-order valence-electron chi connectivity index (χ4n) is 2.68. The summed E-state index contributed by atoms with van der Waals surface area (Å²) in [6, 6.07) is 2.20. The first-order valence-corrected chi connectivity index (χ1v) is 6.66. The Morgan fingerprint density at radius 2 is 2.18 bits per heavy atom. The minimum absolute atomic E-state index is 0.401. The van der Waals surface area contributed by atoms with Gasteiger partial charge in [-0.2, -0.15) is 5.26 Å². The summed E-state index contributed by atoms with van der Waals surface area (Å²) in [6.45, 7) is 3.13. The molecule has 0 radical (unpaired) electrons. The van der Waals surface area contributed by atoms with Crippen molar-refractivity contribution < 1.29 is 0 Å². The van der Waals surface area contributed by atoms with Crippen LogP contribution in [0.25, 0.3) is 0 Å². The summed E-state index contributed by atoms with van der Waals surface area (Å²) in [5.74, 6) is 0.588. The van der Waals surface area contributed by atoms with Crippen molar-refractivity contribution in [3.8, 4) is 6.07 Å². The van der Waals surface area contributed by atoms with Crippen LogP contribution in [0.3, 0.4) is 0 Å². The molecule has 17 heavy (non-hydrogen) atoms. The van der Waals surface area contributed by atoms with E-state index >= 15 is 0 Å². The Morgan fingerprint density at radius 1 is 1.41 bits per heavy atom. The highest BCUT2D eigenvalue weighted by Crippen LogP contribution is 2.35. The van der Waals surface area contributed by atoms with Gasteiger partial charge in [-0.1, -0.05) is 31.4 Å². The molecule has 1 aromatic heterocycles. The van der Waals surface area contributed by atoms with Crippen LogP contribution in [-0.2, 0) is 13.0 Å². The summed E-state index contributed by atoms with van der Waals surface area (Å²) in [6.07, 6.45) is 7.77. The Bertz CT molecular complexity index is 396. The number of nitrogens with zero attached hydrogens (tertiary/aromatic N) is 4. The molecule has 1 saturated carbocycles. The van der Waals surface area contributed by atoms with Gasteiger partial charge in [-0.05, 0) is 19.3 Å². The van der Waals surface area contributed by atoms with Crippen LogP contribution in [-0.4, -0.2) is 15.0 Å². The van der Waals surface area contributed by atoms with E-state index in [1.54, 1.807) is 0 Å². The Kier molecular flexibility index (Phi) is 4.13. The highest BCUT2D eigenvalue weighted by molar-refractivity contribution is 5.19.